The van der Waals surface area contributed by atoms with E-state index in [1.54, 1.807) is 0 Å². The number of hydrogen-bond donors (Lipinski definition) is 1. The smallest absolute Gasteiger partial charge is 0.170 e. The Hall–Kier alpha value is -2.37. The number of pyridine rings is 1. The van der Waals surface area contributed by atoms with Gasteiger partial charge in [0.1, 0.15) is 0 Å². The van der Waals surface area contributed by atoms with Crippen molar-refractivity contribution < 1.29 is 0 Å². The molecule has 144 valence electrons. The van der Waals surface area contributed by atoms with E-state index in [4.69, 9.17) is 23.8 Å². The SMILES string of the molecule is CCCCN1C(=S)N[C@H](c2ccccn2)[C@@H]1c1cccn1-c1cccc(Cl)c1. The summed E-state index contributed by atoms with van der Waals surface area (Å²) in [5.41, 5.74) is 3.20. The van der Waals surface area contributed by atoms with Gasteiger partial charge in [-0.05, 0) is 61.1 Å². The standard InChI is InChI=1S/C22H23ClN4S/c1-2-3-13-27-21(20(25-22(27)28)18-10-4-5-12-24-18)19-11-7-14-26(19)17-9-6-8-16(23)15-17/h4-12,14-15,20-21H,2-3,13H2,1H3,(H,25,28)/t20-,21+/m1/s1. The first-order valence-corrected chi connectivity index (χ1v) is 10.4. The third-order valence-corrected chi connectivity index (χ3v) is 5.71. The molecule has 4 nitrogen and oxygen atoms in total. The Balaban J connectivity index is 1.79. The molecule has 2 aromatic heterocycles. The zero-order valence-corrected chi connectivity index (χ0v) is 17.3. The molecule has 1 aliphatic heterocycles. The molecule has 1 N–H and O–H groups in total. The highest BCUT2D eigenvalue weighted by atomic mass is 35.5. The van der Waals surface area contributed by atoms with Gasteiger partial charge in [0.25, 0.3) is 0 Å². The number of nitrogens with one attached hydrogen (secondary N) is 1. The van der Waals surface area contributed by atoms with Crippen LogP contribution in [0.3, 0.4) is 0 Å². The molecule has 3 aromatic rings. The summed E-state index contributed by atoms with van der Waals surface area (Å²) in [7, 11) is 0. The summed E-state index contributed by atoms with van der Waals surface area (Å²) in [4.78, 5) is 6.91. The van der Waals surface area contributed by atoms with Crippen molar-refractivity contribution in [2.45, 2.75) is 31.8 Å². The third-order valence-electron chi connectivity index (χ3n) is 5.12. The van der Waals surface area contributed by atoms with Gasteiger partial charge in [-0.1, -0.05) is 37.1 Å². The molecule has 0 bridgehead atoms. The Morgan fingerprint density at radius 2 is 2.04 bits per heavy atom. The minimum atomic E-state index is -0.00149. The number of unbranched alkanes of at least 4 members (excludes halogenated alkanes) is 1. The van der Waals surface area contributed by atoms with Crippen LogP contribution in [0.15, 0.2) is 67.0 Å². The molecule has 0 unspecified atom stereocenters. The van der Waals surface area contributed by atoms with Crippen molar-refractivity contribution in [1.29, 1.82) is 0 Å². The molecular weight excluding hydrogens is 388 g/mol. The Kier molecular flexibility index (Phi) is 5.64. The molecule has 4 rings (SSSR count). The Morgan fingerprint density at radius 3 is 2.79 bits per heavy atom. The highest BCUT2D eigenvalue weighted by Gasteiger charge is 2.40. The molecule has 0 aliphatic carbocycles. The van der Waals surface area contributed by atoms with E-state index in [1.165, 1.54) is 5.69 Å². The zero-order chi connectivity index (χ0) is 19.5. The van der Waals surface area contributed by atoms with Crippen LogP contribution in [-0.4, -0.2) is 26.1 Å². The van der Waals surface area contributed by atoms with E-state index in [2.05, 4.69) is 57.2 Å². The number of hydrogen-bond acceptors (Lipinski definition) is 2. The van der Waals surface area contributed by atoms with E-state index in [0.717, 1.165) is 40.9 Å². The van der Waals surface area contributed by atoms with Gasteiger partial charge in [-0.3, -0.25) is 4.98 Å². The van der Waals surface area contributed by atoms with E-state index < -0.39 is 0 Å². The number of benzene rings is 1. The van der Waals surface area contributed by atoms with Gasteiger partial charge in [0.15, 0.2) is 5.11 Å². The third kappa shape index (κ3) is 3.64. The van der Waals surface area contributed by atoms with Crippen molar-refractivity contribution in [3.05, 3.63) is 83.4 Å². The van der Waals surface area contributed by atoms with Crippen molar-refractivity contribution in [1.82, 2.24) is 19.8 Å². The summed E-state index contributed by atoms with van der Waals surface area (Å²) in [5, 5.41) is 5.02. The van der Waals surface area contributed by atoms with Gasteiger partial charge in [0.2, 0.25) is 0 Å². The molecule has 1 aromatic carbocycles. The van der Waals surface area contributed by atoms with Crippen LogP contribution in [0.1, 0.15) is 43.2 Å². The second-order valence-electron chi connectivity index (χ2n) is 6.96. The first kappa shape index (κ1) is 19.0. The zero-order valence-electron chi connectivity index (χ0n) is 15.8. The topological polar surface area (TPSA) is 33.1 Å². The van der Waals surface area contributed by atoms with Crippen molar-refractivity contribution in [3.8, 4) is 5.69 Å². The minimum Gasteiger partial charge on any atom is -0.352 e. The van der Waals surface area contributed by atoms with Crippen LogP contribution in [0.2, 0.25) is 5.02 Å². The summed E-state index contributed by atoms with van der Waals surface area (Å²) >= 11 is 12.0. The first-order valence-electron chi connectivity index (χ1n) is 9.60. The molecular formula is C22H23ClN4S. The lowest BCUT2D eigenvalue weighted by atomic mass is 10.0. The first-order chi connectivity index (χ1) is 13.7. The van der Waals surface area contributed by atoms with E-state index >= 15 is 0 Å². The number of thiocarbonyl (C=S) groups is 1. The molecule has 0 radical (unpaired) electrons. The van der Waals surface area contributed by atoms with Gasteiger partial charge in [-0.25, -0.2) is 0 Å². The quantitative estimate of drug-likeness (QED) is 0.559. The molecule has 1 aliphatic rings. The molecule has 0 amide bonds. The Labute approximate surface area is 176 Å². The highest BCUT2D eigenvalue weighted by Crippen LogP contribution is 2.39. The average Bonchev–Trinajstić information content (AvgIpc) is 3.31. The van der Waals surface area contributed by atoms with Gasteiger partial charge in [-0.15, -0.1) is 0 Å². The van der Waals surface area contributed by atoms with Crippen LogP contribution < -0.4 is 5.32 Å². The van der Waals surface area contributed by atoms with Crippen molar-refractivity contribution >= 4 is 28.9 Å². The monoisotopic (exact) mass is 410 g/mol. The van der Waals surface area contributed by atoms with Crippen LogP contribution in [0.4, 0.5) is 0 Å². The fourth-order valence-corrected chi connectivity index (χ4v) is 4.31. The fourth-order valence-electron chi connectivity index (χ4n) is 3.79. The average molecular weight is 411 g/mol. The second-order valence-corrected chi connectivity index (χ2v) is 7.78. The van der Waals surface area contributed by atoms with Crippen molar-refractivity contribution in [3.63, 3.8) is 0 Å². The number of nitrogens with zero attached hydrogens (tertiary/aromatic N) is 3. The summed E-state index contributed by atoms with van der Waals surface area (Å²) < 4.78 is 2.20. The van der Waals surface area contributed by atoms with E-state index in [0.29, 0.717) is 0 Å². The molecule has 1 saturated heterocycles. The lowest BCUT2D eigenvalue weighted by Crippen LogP contribution is -2.31. The largest absolute Gasteiger partial charge is 0.352 e. The van der Waals surface area contributed by atoms with Crippen molar-refractivity contribution in [2.24, 2.45) is 0 Å². The van der Waals surface area contributed by atoms with E-state index in [-0.39, 0.29) is 12.1 Å². The van der Waals surface area contributed by atoms with Gasteiger partial charge in [0.05, 0.1) is 17.8 Å². The lowest BCUT2D eigenvalue weighted by Gasteiger charge is -2.29. The lowest BCUT2D eigenvalue weighted by molar-refractivity contribution is 0.304. The molecule has 1 fully saturated rings. The normalized spacial score (nSPS) is 19.1. The predicted molar refractivity (Wildman–Crippen MR) is 118 cm³/mol. The van der Waals surface area contributed by atoms with Crippen LogP contribution in [0.25, 0.3) is 5.69 Å². The fraction of sp³-hybridized carbons (Fsp3) is 0.273. The predicted octanol–water partition coefficient (Wildman–Crippen LogP) is 5.30. The van der Waals surface area contributed by atoms with Gasteiger partial charge in [-0.2, -0.15) is 0 Å². The number of halogens is 1. The minimum absolute atomic E-state index is 0.00149. The van der Waals surface area contributed by atoms with Crippen LogP contribution in [-0.2, 0) is 0 Å². The van der Waals surface area contributed by atoms with E-state index in [9.17, 15) is 0 Å². The summed E-state index contributed by atoms with van der Waals surface area (Å²) in [6.45, 7) is 3.11. The molecule has 0 spiro atoms. The maximum Gasteiger partial charge on any atom is 0.170 e. The maximum atomic E-state index is 6.25. The highest BCUT2D eigenvalue weighted by molar-refractivity contribution is 7.80. The molecule has 3 heterocycles. The summed E-state index contributed by atoms with van der Waals surface area (Å²) in [6, 6.07) is 18.2. The second kappa shape index (κ2) is 8.33. The molecule has 6 heteroatoms. The van der Waals surface area contributed by atoms with E-state index in [1.807, 2.05) is 36.5 Å². The number of rotatable bonds is 6. The Bertz CT molecular complexity index is 956. The van der Waals surface area contributed by atoms with Crippen LogP contribution in [0, 0.1) is 0 Å². The van der Waals surface area contributed by atoms with Crippen LogP contribution >= 0.6 is 23.8 Å². The molecule has 28 heavy (non-hydrogen) atoms. The summed E-state index contributed by atoms with van der Waals surface area (Å²) in [6.07, 6.45) is 6.12. The molecule has 0 saturated carbocycles. The van der Waals surface area contributed by atoms with Gasteiger partial charge >= 0.3 is 0 Å². The number of aromatic nitrogens is 2. The van der Waals surface area contributed by atoms with Gasteiger partial charge in [0, 0.05) is 35.3 Å². The Morgan fingerprint density at radius 1 is 1.14 bits per heavy atom. The van der Waals surface area contributed by atoms with Crippen molar-refractivity contribution in [2.75, 3.05) is 6.54 Å². The summed E-state index contributed by atoms with van der Waals surface area (Å²) in [5.74, 6) is 0. The van der Waals surface area contributed by atoms with Crippen LogP contribution in [0.5, 0.6) is 0 Å². The molecule has 2 atom stereocenters. The maximum absolute atomic E-state index is 6.25. The van der Waals surface area contributed by atoms with Gasteiger partial charge < -0.3 is 14.8 Å².